The fraction of sp³-hybridized carbons (Fsp3) is 0.444. The average molecular weight is 314 g/mol. The number of rotatable bonds is 4. The van der Waals surface area contributed by atoms with E-state index in [1.54, 1.807) is 31.4 Å². The normalized spacial score (nSPS) is 29.7. The fourth-order valence-corrected chi connectivity index (χ4v) is 3.78. The van der Waals surface area contributed by atoms with Gasteiger partial charge in [-0.3, -0.25) is 9.59 Å². The van der Waals surface area contributed by atoms with Crippen LogP contribution >= 0.6 is 0 Å². The van der Waals surface area contributed by atoms with E-state index in [1.165, 1.54) is 0 Å². The van der Waals surface area contributed by atoms with Gasteiger partial charge >= 0.3 is 0 Å². The summed E-state index contributed by atoms with van der Waals surface area (Å²) in [4.78, 5) is 25.8. The molecule has 1 heterocycles. The van der Waals surface area contributed by atoms with E-state index in [4.69, 9.17) is 14.2 Å². The van der Waals surface area contributed by atoms with E-state index in [0.717, 1.165) is 0 Å². The molecule has 5 heteroatoms. The van der Waals surface area contributed by atoms with E-state index in [0.29, 0.717) is 28.7 Å². The van der Waals surface area contributed by atoms with Crippen molar-refractivity contribution < 1.29 is 23.8 Å². The Morgan fingerprint density at radius 3 is 2.61 bits per heavy atom. The first-order chi connectivity index (χ1) is 11.1. The van der Waals surface area contributed by atoms with Crippen molar-refractivity contribution in [2.45, 2.75) is 31.7 Å². The van der Waals surface area contributed by atoms with Gasteiger partial charge < -0.3 is 14.2 Å². The Labute approximate surface area is 134 Å². The van der Waals surface area contributed by atoms with Crippen LogP contribution in [0.4, 0.5) is 0 Å². The van der Waals surface area contributed by atoms with Gasteiger partial charge in [-0.2, -0.15) is 0 Å². The number of ether oxygens (including phenoxy) is 3. The number of hydrogen-bond acceptors (Lipinski definition) is 5. The minimum absolute atomic E-state index is 0.0226. The molecule has 4 rings (SSSR count). The summed E-state index contributed by atoms with van der Waals surface area (Å²) >= 11 is 0. The van der Waals surface area contributed by atoms with Crippen LogP contribution in [-0.2, 0) is 14.2 Å². The first-order valence-electron chi connectivity index (χ1n) is 7.81. The molecular weight excluding hydrogens is 296 g/mol. The molecule has 0 aromatic heterocycles. The van der Waals surface area contributed by atoms with Crippen molar-refractivity contribution in [3.63, 3.8) is 0 Å². The maximum atomic E-state index is 13.0. The van der Waals surface area contributed by atoms with E-state index in [-0.39, 0.29) is 42.6 Å². The Morgan fingerprint density at radius 2 is 1.91 bits per heavy atom. The van der Waals surface area contributed by atoms with Gasteiger partial charge in [0.2, 0.25) is 0 Å². The number of fused-ring (bicyclic) bond motifs is 2. The number of carbonyl (C=O) groups excluding carboxylic acids is 2. The molecule has 1 aromatic rings. The summed E-state index contributed by atoms with van der Waals surface area (Å²) in [5.74, 6) is -0.334. The third-order valence-electron chi connectivity index (χ3n) is 4.93. The summed E-state index contributed by atoms with van der Waals surface area (Å²) in [5.41, 5.74) is 2.17. The molecule has 3 aliphatic rings. The molecule has 0 N–H and O–H groups in total. The maximum Gasteiger partial charge on any atom is 0.190 e. The third kappa shape index (κ3) is 2.19. The zero-order valence-electron chi connectivity index (χ0n) is 13.1. The van der Waals surface area contributed by atoms with Crippen LogP contribution in [0, 0.1) is 5.92 Å². The second-order valence-electron chi connectivity index (χ2n) is 6.24. The van der Waals surface area contributed by atoms with Gasteiger partial charge in [-0.1, -0.05) is 24.3 Å². The summed E-state index contributed by atoms with van der Waals surface area (Å²) < 4.78 is 16.3. The Balaban J connectivity index is 1.77. The Morgan fingerprint density at radius 1 is 1.22 bits per heavy atom. The predicted molar refractivity (Wildman–Crippen MR) is 81.3 cm³/mol. The molecule has 0 unspecified atom stereocenters. The molecule has 120 valence electrons. The van der Waals surface area contributed by atoms with Crippen molar-refractivity contribution in [3.8, 4) is 0 Å². The minimum Gasteiger partial charge on any atom is -0.368 e. The molecule has 1 aliphatic heterocycles. The summed E-state index contributed by atoms with van der Waals surface area (Å²) in [6.45, 7) is 2.05. The van der Waals surface area contributed by atoms with Crippen LogP contribution < -0.4 is 0 Å². The van der Waals surface area contributed by atoms with E-state index in [1.807, 2.05) is 6.92 Å². The van der Waals surface area contributed by atoms with E-state index < -0.39 is 0 Å². The van der Waals surface area contributed by atoms with Crippen molar-refractivity contribution in [3.05, 3.63) is 46.5 Å². The molecule has 23 heavy (non-hydrogen) atoms. The van der Waals surface area contributed by atoms with Crippen LogP contribution in [0.25, 0.3) is 0 Å². The molecule has 0 saturated carbocycles. The number of Topliss-reactive ketones (excluding diaryl/α,β-unsaturated/α-hetero) is 2. The van der Waals surface area contributed by atoms with Crippen LogP contribution in [0.15, 0.2) is 35.4 Å². The van der Waals surface area contributed by atoms with Gasteiger partial charge in [0.1, 0.15) is 6.79 Å². The lowest BCUT2D eigenvalue weighted by Gasteiger charge is -2.32. The molecule has 1 aromatic carbocycles. The highest BCUT2D eigenvalue weighted by Crippen LogP contribution is 2.49. The molecule has 0 spiro atoms. The Bertz CT molecular complexity index is 720. The Hall–Kier alpha value is -1.82. The van der Waals surface area contributed by atoms with Gasteiger partial charge in [-0.25, -0.2) is 0 Å². The molecule has 0 bridgehead atoms. The molecule has 4 atom stereocenters. The van der Waals surface area contributed by atoms with E-state index >= 15 is 0 Å². The van der Waals surface area contributed by atoms with Gasteiger partial charge in [-0.05, 0) is 6.92 Å². The highest BCUT2D eigenvalue weighted by atomic mass is 16.7. The maximum absolute atomic E-state index is 13.0. The quantitative estimate of drug-likeness (QED) is 0.629. The zero-order chi connectivity index (χ0) is 16.1. The number of ketones is 2. The smallest absolute Gasteiger partial charge is 0.190 e. The molecule has 0 radical (unpaired) electrons. The third-order valence-corrected chi connectivity index (χ3v) is 4.93. The first-order valence-corrected chi connectivity index (χ1v) is 7.81. The standard InChI is InChI=1S/C18H18O5/c1-9(22-8-21-2)14-15-12(7-13-18(14)23-13)16(19)10-5-3-4-6-11(10)17(15)20/h3-6,9,13-14,18H,7-8H2,1-2H3/t9-,13-,14-,18-/m1/s1. The van der Waals surface area contributed by atoms with Crippen LogP contribution in [0.3, 0.4) is 0 Å². The summed E-state index contributed by atoms with van der Waals surface area (Å²) in [6, 6.07) is 7.02. The van der Waals surface area contributed by atoms with Crippen molar-refractivity contribution in [1.82, 2.24) is 0 Å². The number of epoxide rings is 1. The number of hydrogen-bond donors (Lipinski definition) is 0. The van der Waals surface area contributed by atoms with Gasteiger partial charge in [0.15, 0.2) is 11.6 Å². The van der Waals surface area contributed by atoms with Crippen LogP contribution in [0.1, 0.15) is 34.1 Å². The second-order valence-corrected chi connectivity index (χ2v) is 6.24. The lowest BCUT2D eigenvalue weighted by molar-refractivity contribution is -0.0819. The van der Waals surface area contributed by atoms with E-state index in [9.17, 15) is 9.59 Å². The molecule has 2 aliphatic carbocycles. The minimum atomic E-state index is -0.253. The van der Waals surface area contributed by atoms with Crippen LogP contribution in [-0.4, -0.2) is 43.8 Å². The predicted octanol–water partition coefficient (Wildman–Crippen LogP) is 2.16. The summed E-state index contributed by atoms with van der Waals surface area (Å²) in [5, 5.41) is 0. The second kappa shape index (κ2) is 5.37. The van der Waals surface area contributed by atoms with Crippen LogP contribution in [0.5, 0.6) is 0 Å². The van der Waals surface area contributed by atoms with Crippen molar-refractivity contribution in [2.24, 2.45) is 5.92 Å². The first kappa shape index (κ1) is 14.8. The van der Waals surface area contributed by atoms with Crippen molar-refractivity contribution in [2.75, 3.05) is 13.9 Å². The monoisotopic (exact) mass is 314 g/mol. The van der Waals surface area contributed by atoms with Gasteiger partial charge in [0.25, 0.3) is 0 Å². The van der Waals surface area contributed by atoms with Crippen LogP contribution in [0.2, 0.25) is 0 Å². The molecule has 1 saturated heterocycles. The number of benzene rings is 1. The summed E-state index contributed by atoms with van der Waals surface area (Å²) in [6.07, 6.45) is 0.251. The molecule has 5 nitrogen and oxygen atoms in total. The number of carbonyl (C=O) groups is 2. The van der Waals surface area contributed by atoms with Gasteiger partial charge in [0, 0.05) is 41.7 Å². The van der Waals surface area contributed by atoms with Crippen molar-refractivity contribution >= 4 is 11.6 Å². The fourth-order valence-electron chi connectivity index (χ4n) is 3.78. The topological polar surface area (TPSA) is 65.1 Å². The Kier molecular flexibility index (Phi) is 3.44. The molecular formula is C18H18O5. The van der Waals surface area contributed by atoms with Gasteiger partial charge in [0.05, 0.1) is 18.3 Å². The highest BCUT2D eigenvalue weighted by Gasteiger charge is 2.56. The lowest BCUT2D eigenvalue weighted by atomic mass is 9.71. The number of methoxy groups -OCH3 is 1. The summed E-state index contributed by atoms with van der Waals surface area (Å²) in [7, 11) is 1.56. The SMILES string of the molecule is COCO[C@H](C)[C@@H]1C2=C(C[C@H]3O[C@@H]13)C(=O)c1ccccc1C2=O. The van der Waals surface area contributed by atoms with Crippen molar-refractivity contribution in [1.29, 1.82) is 0 Å². The lowest BCUT2D eigenvalue weighted by Crippen LogP contribution is -2.39. The molecule has 1 fully saturated rings. The zero-order valence-corrected chi connectivity index (χ0v) is 13.1. The highest BCUT2D eigenvalue weighted by molar-refractivity contribution is 6.27. The molecule has 0 amide bonds. The average Bonchev–Trinajstić information content (AvgIpc) is 3.35. The van der Waals surface area contributed by atoms with Gasteiger partial charge in [-0.15, -0.1) is 0 Å². The van der Waals surface area contributed by atoms with E-state index in [2.05, 4.69) is 0 Å². The largest absolute Gasteiger partial charge is 0.368 e.